The first kappa shape index (κ1) is 18.9. The molecule has 0 spiro atoms. The van der Waals surface area contributed by atoms with E-state index in [9.17, 15) is 31.2 Å². The maximum atomic E-state index is 12.0. The first-order valence-corrected chi connectivity index (χ1v) is 7.50. The van der Waals surface area contributed by atoms with Crippen molar-refractivity contribution >= 4 is 21.9 Å². The maximum absolute atomic E-state index is 12.0. The number of nitrogens with zero attached hydrogens (tertiary/aromatic N) is 1. The molecule has 0 aliphatic heterocycles. The van der Waals surface area contributed by atoms with Crippen LogP contribution in [0.5, 0.6) is 0 Å². The van der Waals surface area contributed by atoms with Crippen molar-refractivity contribution in [1.29, 1.82) is 0 Å². The molecule has 1 aromatic carbocycles. The summed E-state index contributed by atoms with van der Waals surface area (Å²) in [6.07, 6.45) is -4.56. The lowest BCUT2D eigenvalue weighted by Gasteiger charge is -2.15. The summed E-state index contributed by atoms with van der Waals surface area (Å²) < 4.78 is 60.6. The molecule has 1 amide bonds. The number of carboxylic acids is 1. The summed E-state index contributed by atoms with van der Waals surface area (Å²) in [5.74, 6) is -2.36. The van der Waals surface area contributed by atoms with Gasteiger partial charge in [-0.05, 0) is 24.3 Å². The molecule has 0 bridgehead atoms. The summed E-state index contributed by atoms with van der Waals surface area (Å²) in [6, 6.07) is 4.09. The van der Waals surface area contributed by atoms with Crippen LogP contribution in [-0.4, -0.2) is 56.0 Å². The van der Waals surface area contributed by atoms with E-state index in [1.54, 1.807) is 5.32 Å². The minimum Gasteiger partial charge on any atom is -0.480 e. The van der Waals surface area contributed by atoms with Gasteiger partial charge in [0.15, 0.2) is 0 Å². The SMILES string of the molecule is CN(CC(=O)O)S(=O)(=O)c1ccc(C(=O)NCC(F)(F)F)cc1. The van der Waals surface area contributed by atoms with E-state index in [0.29, 0.717) is 4.31 Å². The van der Waals surface area contributed by atoms with Gasteiger partial charge < -0.3 is 10.4 Å². The monoisotopic (exact) mass is 354 g/mol. The normalized spacial score (nSPS) is 12.2. The zero-order valence-corrected chi connectivity index (χ0v) is 12.6. The van der Waals surface area contributed by atoms with E-state index < -0.39 is 41.2 Å². The number of hydrogen-bond acceptors (Lipinski definition) is 4. The Labute approximate surface area is 129 Å². The lowest BCUT2D eigenvalue weighted by atomic mass is 10.2. The third-order valence-corrected chi connectivity index (χ3v) is 4.45. The Morgan fingerprint density at radius 3 is 2.17 bits per heavy atom. The van der Waals surface area contributed by atoms with E-state index >= 15 is 0 Å². The van der Waals surface area contributed by atoms with Gasteiger partial charge in [0.1, 0.15) is 13.1 Å². The van der Waals surface area contributed by atoms with Crippen LogP contribution in [0.25, 0.3) is 0 Å². The van der Waals surface area contributed by atoms with Crippen molar-refractivity contribution in [3.8, 4) is 0 Å². The molecule has 0 aliphatic carbocycles. The Balaban J connectivity index is 2.87. The van der Waals surface area contributed by atoms with E-state index in [2.05, 4.69) is 0 Å². The zero-order valence-electron chi connectivity index (χ0n) is 11.8. The van der Waals surface area contributed by atoms with E-state index in [-0.39, 0.29) is 10.5 Å². The van der Waals surface area contributed by atoms with Gasteiger partial charge in [-0.15, -0.1) is 0 Å². The number of rotatable bonds is 6. The molecule has 1 rings (SSSR count). The van der Waals surface area contributed by atoms with Crippen LogP contribution in [0.3, 0.4) is 0 Å². The van der Waals surface area contributed by atoms with Crippen LogP contribution in [0, 0.1) is 0 Å². The van der Waals surface area contributed by atoms with E-state index in [0.717, 1.165) is 31.3 Å². The third-order valence-electron chi connectivity index (χ3n) is 2.63. The predicted octanol–water partition coefficient (Wildman–Crippen LogP) is 0.684. The average molecular weight is 354 g/mol. The number of nitrogens with one attached hydrogen (secondary N) is 1. The standard InChI is InChI=1S/C12H13F3N2O5S/c1-17(6-10(18)19)23(21,22)9-4-2-8(3-5-9)11(20)16-7-12(13,14)15/h2-5H,6-7H2,1H3,(H,16,20)(H,18,19). The molecule has 0 saturated heterocycles. The van der Waals surface area contributed by atoms with Crippen LogP contribution in [0.4, 0.5) is 13.2 Å². The first-order valence-electron chi connectivity index (χ1n) is 6.06. The highest BCUT2D eigenvalue weighted by Gasteiger charge is 2.28. The van der Waals surface area contributed by atoms with Gasteiger partial charge in [-0.25, -0.2) is 8.42 Å². The number of likely N-dealkylation sites (N-methyl/N-ethyl adjacent to an activating group) is 1. The topological polar surface area (TPSA) is 104 Å². The lowest BCUT2D eigenvalue weighted by Crippen LogP contribution is -2.34. The molecule has 0 atom stereocenters. The summed E-state index contributed by atoms with van der Waals surface area (Å²) in [5.41, 5.74) is -0.158. The Hall–Kier alpha value is -2.14. The van der Waals surface area contributed by atoms with Gasteiger partial charge in [0.2, 0.25) is 10.0 Å². The number of benzene rings is 1. The highest BCUT2D eigenvalue weighted by molar-refractivity contribution is 7.89. The van der Waals surface area contributed by atoms with E-state index in [1.165, 1.54) is 0 Å². The number of carbonyl (C=O) groups is 2. The van der Waals surface area contributed by atoms with Crippen LogP contribution >= 0.6 is 0 Å². The van der Waals surface area contributed by atoms with E-state index in [4.69, 9.17) is 5.11 Å². The molecule has 1 aromatic rings. The van der Waals surface area contributed by atoms with Crippen LogP contribution in [0.2, 0.25) is 0 Å². The fourth-order valence-electron chi connectivity index (χ4n) is 1.52. The van der Waals surface area contributed by atoms with Gasteiger partial charge in [0, 0.05) is 12.6 Å². The number of halogens is 3. The molecule has 128 valence electrons. The van der Waals surface area contributed by atoms with Gasteiger partial charge >= 0.3 is 12.1 Å². The number of amides is 1. The number of carbonyl (C=O) groups excluding carboxylic acids is 1. The third kappa shape index (κ3) is 5.53. The predicted molar refractivity (Wildman–Crippen MR) is 72.3 cm³/mol. The van der Waals surface area contributed by atoms with Gasteiger partial charge in [-0.1, -0.05) is 0 Å². The fourth-order valence-corrected chi connectivity index (χ4v) is 2.64. The zero-order chi connectivity index (χ0) is 17.8. The number of aliphatic carboxylic acids is 1. The number of hydrogen-bond donors (Lipinski definition) is 2. The molecule has 11 heteroatoms. The maximum Gasteiger partial charge on any atom is 0.405 e. The lowest BCUT2D eigenvalue weighted by molar-refractivity contribution is -0.137. The van der Waals surface area contributed by atoms with Crippen molar-refractivity contribution in [2.75, 3.05) is 20.1 Å². The Bertz CT molecular complexity index is 686. The van der Waals surface area contributed by atoms with Crippen molar-refractivity contribution < 1.29 is 36.3 Å². The van der Waals surface area contributed by atoms with Crippen molar-refractivity contribution in [2.45, 2.75) is 11.1 Å². The minimum atomic E-state index is -4.56. The molecular weight excluding hydrogens is 341 g/mol. The fraction of sp³-hybridized carbons (Fsp3) is 0.333. The van der Waals surface area contributed by atoms with Crippen LogP contribution in [0.1, 0.15) is 10.4 Å². The van der Waals surface area contributed by atoms with Crippen molar-refractivity contribution in [2.24, 2.45) is 0 Å². The second kappa shape index (κ2) is 6.96. The molecule has 0 aromatic heterocycles. The van der Waals surface area contributed by atoms with Crippen molar-refractivity contribution in [1.82, 2.24) is 9.62 Å². The number of carboxylic acid groups (broad SMARTS) is 1. The van der Waals surface area contributed by atoms with Crippen LogP contribution in [-0.2, 0) is 14.8 Å². The Morgan fingerprint density at radius 2 is 1.74 bits per heavy atom. The molecule has 23 heavy (non-hydrogen) atoms. The summed E-state index contributed by atoms with van der Waals surface area (Å²) in [7, 11) is -3.01. The van der Waals surface area contributed by atoms with Gasteiger partial charge in [0.05, 0.1) is 4.90 Å². The molecule has 0 aliphatic rings. The van der Waals surface area contributed by atoms with E-state index in [1.807, 2.05) is 0 Å². The van der Waals surface area contributed by atoms with Crippen LogP contribution in [0.15, 0.2) is 29.2 Å². The average Bonchev–Trinajstić information content (AvgIpc) is 2.43. The molecule has 0 fully saturated rings. The summed E-state index contributed by atoms with van der Waals surface area (Å²) in [5, 5.41) is 10.2. The second-order valence-corrected chi connectivity index (χ2v) is 6.52. The molecule has 0 heterocycles. The molecule has 0 radical (unpaired) electrons. The molecule has 0 saturated carbocycles. The molecule has 7 nitrogen and oxygen atoms in total. The highest BCUT2D eigenvalue weighted by Crippen LogP contribution is 2.16. The van der Waals surface area contributed by atoms with Gasteiger partial charge in [0.25, 0.3) is 5.91 Å². The quantitative estimate of drug-likeness (QED) is 0.782. The number of sulfonamides is 1. The largest absolute Gasteiger partial charge is 0.480 e. The Morgan fingerprint density at radius 1 is 1.22 bits per heavy atom. The second-order valence-electron chi connectivity index (χ2n) is 4.48. The summed E-state index contributed by atoms with van der Waals surface area (Å²) in [6.45, 7) is -2.26. The molecular formula is C12H13F3N2O5S. The van der Waals surface area contributed by atoms with Gasteiger partial charge in [-0.3, -0.25) is 9.59 Å². The summed E-state index contributed by atoms with van der Waals surface area (Å²) in [4.78, 5) is 21.7. The molecule has 2 N–H and O–H groups in total. The minimum absolute atomic E-state index is 0.158. The van der Waals surface area contributed by atoms with Crippen molar-refractivity contribution in [3.05, 3.63) is 29.8 Å². The summed E-state index contributed by atoms with van der Waals surface area (Å²) >= 11 is 0. The highest BCUT2D eigenvalue weighted by atomic mass is 32.2. The van der Waals surface area contributed by atoms with Crippen LogP contribution < -0.4 is 5.32 Å². The molecule has 0 unspecified atom stereocenters. The smallest absolute Gasteiger partial charge is 0.405 e. The van der Waals surface area contributed by atoms with Crippen molar-refractivity contribution in [3.63, 3.8) is 0 Å². The first-order chi connectivity index (χ1) is 10.4. The van der Waals surface area contributed by atoms with Gasteiger partial charge in [-0.2, -0.15) is 17.5 Å². The number of alkyl halides is 3. The Kier molecular flexibility index (Phi) is 5.72.